The Bertz CT molecular complexity index is 584. The van der Waals surface area contributed by atoms with Crippen LogP contribution in [0.4, 0.5) is 23.2 Å². The number of hydrogen-bond donors (Lipinski definition) is 2. The number of anilines is 1. The molecule has 0 aliphatic heterocycles. The zero-order chi connectivity index (χ0) is 16.3. The van der Waals surface area contributed by atoms with Gasteiger partial charge in [-0.05, 0) is 24.5 Å². The van der Waals surface area contributed by atoms with E-state index in [1.807, 2.05) is 5.32 Å². The fourth-order valence-electron chi connectivity index (χ4n) is 2.24. The lowest BCUT2D eigenvalue weighted by molar-refractivity contribution is -0.136. The van der Waals surface area contributed by atoms with Gasteiger partial charge in [-0.2, -0.15) is 0 Å². The fourth-order valence-corrected chi connectivity index (χ4v) is 2.24. The number of carbonyl (C=O) groups is 2. The van der Waals surface area contributed by atoms with Crippen LogP contribution in [-0.4, -0.2) is 24.3 Å². The number of hydrogen-bond acceptors (Lipinski definition) is 2. The molecule has 0 bridgehead atoms. The van der Waals surface area contributed by atoms with E-state index in [4.69, 9.17) is 0 Å². The molecule has 1 aromatic rings. The summed E-state index contributed by atoms with van der Waals surface area (Å²) in [6, 6.07) is 3.17. The van der Waals surface area contributed by atoms with Crippen LogP contribution in [0.2, 0.25) is 0 Å². The Morgan fingerprint density at radius 2 is 1.86 bits per heavy atom. The minimum Gasteiger partial charge on any atom is -0.348 e. The second-order valence-corrected chi connectivity index (χ2v) is 5.23. The lowest BCUT2D eigenvalue weighted by Crippen LogP contribution is -2.40. The van der Waals surface area contributed by atoms with Crippen molar-refractivity contribution in [2.45, 2.75) is 25.2 Å². The van der Waals surface area contributed by atoms with Crippen LogP contribution in [0.5, 0.6) is 0 Å². The highest BCUT2D eigenvalue weighted by molar-refractivity contribution is 6.39. The third kappa shape index (κ3) is 3.96. The number of carbonyl (C=O) groups excluding carboxylic acids is 2. The van der Waals surface area contributed by atoms with Gasteiger partial charge in [0.25, 0.3) is 0 Å². The maximum atomic E-state index is 13.3. The normalized spacial score (nSPS) is 16.7. The van der Waals surface area contributed by atoms with Crippen molar-refractivity contribution < 1.29 is 27.2 Å². The number of rotatable bonds is 4. The molecule has 0 saturated heterocycles. The average Bonchev–Trinajstić information content (AvgIpc) is 2.41. The zero-order valence-electron chi connectivity index (χ0n) is 11.5. The highest BCUT2D eigenvalue weighted by Gasteiger charge is 2.44. The molecule has 2 amide bonds. The summed E-state index contributed by atoms with van der Waals surface area (Å²) in [6.07, 6.45) is -0.101. The predicted molar refractivity (Wildman–Crippen MR) is 70.3 cm³/mol. The Labute approximate surface area is 123 Å². The van der Waals surface area contributed by atoms with E-state index in [9.17, 15) is 27.2 Å². The summed E-state index contributed by atoms with van der Waals surface area (Å²) in [5.41, 5.74) is -0.446. The summed E-state index contributed by atoms with van der Waals surface area (Å²) in [4.78, 5) is 23.0. The molecule has 4 nitrogen and oxygen atoms in total. The Morgan fingerprint density at radius 1 is 1.18 bits per heavy atom. The first-order valence-corrected chi connectivity index (χ1v) is 6.69. The van der Waals surface area contributed by atoms with Crippen LogP contribution in [0.15, 0.2) is 18.2 Å². The smallest absolute Gasteiger partial charge is 0.313 e. The monoisotopic (exact) mass is 318 g/mol. The van der Waals surface area contributed by atoms with Crippen LogP contribution < -0.4 is 10.6 Å². The molecule has 0 spiro atoms. The molecule has 0 unspecified atom stereocenters. The molecule has 1 aliphatic carbocycles. The molecule has 1 aromatic carbocycles. The first-order valence-electron chi connectivity index (χ1n) is 6.69. The van der Waals surface area contributed by atoms with E-state index in [0.717, 1.165) is 12.1 Å². The summed E-state index contributed by atoms with van der Waals surface area (Å²) < 4.78 is 51.5. The van der Waals surface area contributed by atoms with Gasteiger partial charge < -0.3 is 10.6 Å². The first kappa shape index (κ1) is 16.3. The van der Waals surface area contributed by atoms with E-state index in [2.05, 4.69) is 5.32 Å². The van der Waals surface area contributed by atoms with Crippen LogP contribution in [-0.2, 0) is 9.59 Å². The van der Waals surface area contributed by atoms with E-state index < -0.39 is 35.1 Å². The van der Waals surface area contributed by atoms with Crippen molar-refractivity contribution in [3.05, 3.63) is 29.8 Å². The highest BCUT2D eigenvalue weighted by atomic mass is 19.3. The number of benzene rings is 1. The quantitative estimate of drug-likeness (QED) is 0.662. The van der Waals surface area contributed by atoms with Crippen molar-refractivity contribution >= 4 is 17.5 Å². The molecule has 1 saturated carbocycles. The van der Waals surface area contributed by atoms with Crippen molar-refractivity contribution in [1.29, 1.82) is 0 Å². The summed E-state index contributed by atoms with van der Waals surface area (Å²) in [5, 5.41) is 4.20. The molecule has 0 radical (unpaired) electrons. The molecule has 1 aliphatic rings. The number of halogens is 4. The van der Waals surface area contributed by atoms with E-state index in [1.54, 1.807) is 0 Å². The lowest BCUT2D eigenvalue weighted by atomic mass is 9.79. The van der Waals surface area contributed by atoms with Crippen molar-refractivity contribution in [2.24, 2.45) is 5.92 Å². The summed E-state index contributed by atoms with van der Waals surface area (Å²) in [6.45, 7) is 0.0681. The minimum absolute atomic E-state index is 0.0681. The molecule has 120 valence electrons. The van der Waals surface area contributed by atoms with E-state index >= 15 is 0 Å². The third-order valence-corrected chi connectivity index (χ3v) is 3.42. The van der Waals surface area contributed by atoms with Crippen molar-refractivity contribution in [1.82, 2.24) is 5.32 Å². The second-order valence-electron chi connectivity index (χ2n) is 5.23. The molecule has 0 heterocycles. The molecule has 2 N–H and O–H groups in total. The molecule has 8 heteroatoms. The summed E-state index contributed by atoms with van der Waals surface area (Å²) in [7, 11) is 0. The highest BCUT2D eigenvalue weighted by Crippen LogP contribution is 2.43. The Hall–Kier alpha value is -2.12. The molecule has 2 rings (SSSR count). The van der Waals surface area contributed by atoms with Crippen molar-refractivity contribution in [2.75, 3.05) is 11.9 Å². The molecular weight excluding hydrogens is 304 g/mol. The minimum atomic E-state index is -2.62. The molecule has 22 heavy (non-hydrogen) atoms. The third-order valence-electron chi connectivity index (χ3n) is 3.42. The van der Waals surface area contributed by atoms with Crippen LogP contribution in [0.3, 0.4) is 0 Å². The van der Waals surface area contributed by atoms with Gasteiger partial charge in [-0.25, -0.2) is 17.6 Å². The number of alkyl halides is 2. The van der Waals surface area contributed by atoms with Gasteiger partial charge in [0.2, 0.25) is 5.92 Å². The van der Waals surface area contributed by atoms with Crippen LogP contribution in [0, 0.1) is 17.6 Å². The summed E-state index contributed by atoms with van der Waals surface area (Å²) in [5.74, 6) is -7.40. The fraction of sp³-hybridized carbons (Fsp3) is 0.429. The predicted octanol–water partition coefficient (Wildman–Crippen LogP) is 2.45. The standard InChI is InChI=1S/C14H14F4N2O2/c15-9-2-1-3-10(11(9)16)20-13(22)12(21)19-5-4-8-6-14(17,18)7-8/h1-3,8H,4-7H2,(H,19,21)(H,20,22). The van der Waals surface area contributed by atoms with Crippen molar-refractivity contribution in [3.8, 4) is 0 Å². The van der Waals surface area contributed by atoms with Crippen LogP contribution in [0.1, 0.15) is 19.3 Å². The summed E-state index contributed by atoms with van der Waals surface area (Å²) >= 11 is 0. The average molecular weight is 318 g/mol. The van der Waals surface area contributed by atoms with Gasteiger partial charge in [0, 0.05) is 19.4 Å². The maximum absolute atomic E-state index is 13.3. The van der Waals surface area contributed by atoms with Gasteiger partial charge in [0.15, 0.2) is 11.6 Å². The second kappa shape index (κ2) is 6.33. The lowest BCUT2D eigenvalue weighted by Gasteiger charge is -2.34. The molecule has 1 fully saturated rings. The van der Waals surface area contributed by atoms with E-state index in [0.29, 0.717) is 6.42 Å². The topological polar surface area (TPSA) is 58.2 Å². The molecule has 0 aromatic heterocycles. The van der Waals surface area contributed by atoms with Gasteiger partial charge in [-0.3, -0.25) is 9.59 Å². The maximum Gasteiger partial charge on any atom is 0.313 e. The zero-order valence-corrected chi connectivity index (χ0v) is 11.5. The van der Waals surface area contributed by atoms with Crippen LogP contribution in [0.25, 0.3) is 0 Å². The van der Waals surface area contributed by atoms with E-state index in [1.165, 1.54) is 6.07 Å². The Morgan fingerprint density at radius 3 is 2.50 bits per heavy atom. The number of nitrogens with one attached hydrogen (secondary N) is 2. The van der Waals surface area contributed by atoms with Gasteiger partial charge in [0.05, 0.1) is 5.69 Å². The molecule has 0 atom stereocenters. The molecular formula is C14H14F4N2O2. The van der Waals surface area contributed by atoms with Crippen LogP contribution >= 0.6 is 0 Å². The SMILES string of the molecule is O=C(NCCC1CC(F)(F)C1)C(=O)Nc1cccc(F)c1F. The largest absolute Gasteiger partial charge is 0.348 e. The number of amides is 2. The van der Waals surface area contributed by atoms with Gasteiger partial charge >= 0.3 is 11.8 Å². The van der Waals surface area contributed by atoms with Crippen molar-refractivity contribution in [3.63, 3.8) is 0 Å². The first-order chi connectivity index (χ1) is 10.3. The van der Waals surface area contributed by atoms with Gasteiger partial charge in [0.1, 0.15) is 0 Å². The Kier molecular flexibility index (Phi) is 4.68. The Balaban J connectivity index is 1.75. The van der Waals surface area contributed by atoms with Gasteiger partial charge in [-0.15, -0.1) is 0 Å². The van der Waals surface area contributed by atoms with E-state index in [-0.39, 0.29) is 25.3 Å². The van der Waals surface area contributed by atoms with Gasteiger partial charge in [-0.1, -0.05) is 6.07 Å².